The van der Waals surface area contributed by atoms with Crippen LogP contribution in [0.15, 0.2) is 24.3 Å². The molecule has 0 bridgehead atoms. The molecule has 1 N–H and O–H groups in total. The van der Waals surface area contributed by atoms with Gasteiger partial charge in [0.15, 0.2) is 0 Å². The topological polar surface area (TPSA) is 37.3 Å². The summed E-state index contributed by atoms with van der Waals surface area (Å²) in [6, 6.07) is 6.30. The fourth-order valence-corrected chi connectivity index (χ4v) is 3.33. The highest BCUT2D eigenvalue weighted by molar-refractivity contribution is 7.99. The zero-order valence-electron chi connectivity index (χ0n) is 8.73. The summed E-state index contributed by atoms with van der Waals surface area (Å²) in [5.74, 6) is 0.0675. The van der Waals surface area contributed by atoms with Crippen LogP contribution in [0.3, 0.4) is 0 Å². The molecule has 1 heterocycles. The summed E-state index contributed by atoms with van der Waals surface area (Å²) in [6.45, 7) is 0. The van der Waals surface area contributed by atoms with Crippen LogP contribution in [0.2, 0.25) is 0 Å². The van der Waals surface area contributed by atoms with Gasteiger partial charge in [-0.25, -0.2) is 4.39 Å². The standard InChI is InChI=1S/C12H13FO2S/c13-9-3-1-2-8(6-9)10-4-5-16-7-11(10)12(14)15/h1-3,6,10-11H,4-5,7H2,(H,14,15). The van der Waals surface area contributed by atoms with Crippen molar-refractivity contribution in [1.29, 1.82) is 0 Å². The number of rotatable bonds is 2. The third kappa shape index (κ3) is 2.38. The quantitative estimate of drug-likeness (QED) is 0.863. The van der Waals surface area contributed by atoms with Crippen molar-refractivity contribution in [1.82, 2.24) is 0 Å². The number of hydrogen-bond acceptors (Lipinski definition) is 2. The molecule has 86 valence electrons. The highest BCUT2D eigenvalue weighted by atomic mass is 32.2. The summed E-state index contributed by atoms with van der Waals surface area (Å²) in [5, 5.41) is 9.13. The van der Waals surface area contributed by atoms with Gasteiger partial charge in [-0.2, -0.15) is 11.8 Å². The molecule has 0 aliphatic carbocycles. The van der Waals surface area contributed by atoms with Crippen LogP contribution in [0.25, 0.3) is 0 Å². The second-order valence-corrected chi connectivity index (χ2v) is 5.12. The lowest BCUT2D eigenvalue weighted by Gasteiger charge is -2.28. The van der Waals surface area contributed by atoms with Crippen molar-refractivity contribution in [2.24, 2.45) is 5.92 Å². The number of hydrogen-bond donors (Lipinski definition) is 1. The van der Waals surface area contributed by atoms with Crippen molar-refractivity contribution in [3.63, 3.8) is 0 Å². The van der Waals surface area contributed by atoms with Gasteiger partial charge in [0.25, 0.3) is 0 Å². The van der Waals surface area contributed by atoms with Gasteiger partial charge in [-0.1, -0.05) is 12.1 Å². The van der Waals surface area contributed by atoms with Crippen molar-refractivity contribution < 1.29 is 14.3 Å². The Kier molecular flexibility index (Phi) is 3.49. The van der Waals surface area contributed by atoms with E-state index in [2.05, 4.69) is 0 Å². The summed E-state index contributed by atoms with van der Waals surface area (Å²) in [6.07, 6.45) is 0.811. The van der Waals surface area contributed by atoms with Crippen LogP contribution in [0.4, 0.5) is 4.39 Å². The smallest absolute Gasteiger partial charge is 0.307 e. The normalized spacial score (nSPS) is 25.3. The van der Waals surface area contributed by atoms with Gasteiger partial charge in [0.2, 0.25) is 0 Å². The Balaban J connectivity index is 2.26. The minimum absolute atomic E-state index is 0.0468. The Morgan fingerprint density at radius 1 is 1.50 bits per heavy atom. The highest BCUT2D eigenvalue weighted by Gasteiger charge is 2.32. The number of aliphatic carboxylic acids is 1. The van der Waals surface area contributed by atoms with Crippen LogP contribution in [-0.4, -0.2) is 22.6 Å². The Hall–Kier alpha value is -1.03. The second kappa shape index (κ2) is 4.87. The van der Waals surface area contributed by atoms with Crippen LogP contribution in [-0.2, 0) is 4.79 Å². The van der Waals surface area contributed by atoms with Crippen molar-refractivity contribution in [3.05, 3.63) is 35.6 Å². The van der Waals surface area contributed by atoms with Gasteiger partial charge in [-0.05, 0) is 35.8 Å². The van der Waals surface area contributed by atoms with E-state index in [0.29, 0.717) is 5.75 Å². The molecule has 0 amide bonds. The first-order chi connectivity index (χ1) is 7.68. The number of thioether (sulfide) groups is 1. The number of halogens is 1. The molecule has 0 radical (unpaired) electrons. The summed E-state index contributed by atoms with van der Waals surface area (Å²) in [5.41, 5.74) is 0.813. The van der Waals surface area contributed by atoms with E-state index in [0.717, 1.165) is 17.7 Å². The maximum absolute atomic E-state index is 13.1. The van der Waals surface area contributed by atoms with E-state index >= 15 is 0 Å². The van der Waals surface area contributed by atoms with Gasteiger partial charge < -0.3 is 5.11 Å². The van der Waals surface area contributed by atoms with Crippen LogP contribution < -0.4 is 0 Å². The molecule has 1 aromatic carbocycles. The van der Waals surface area contributed by atoms with Gasteiger partial charge in [-0.3, -0.25) is 4.79 Å². The number of carboxylic acids is 1. The van der Waals surface area contributed by atoms with Crippen molar-refractivity contribution in [2.75, 3.05) is 11.5 Å². The van der Waals surface area contributed by atoms with E-state index in [9.17, 15) is 9.18 Å². The van der Waals surface area contributed by atoms with Crippen molar-refractivity contribution in [3.8, 4) is 0 Å². The maximum atomic E-state index is 13.1. The number of carboxylic acid groups (broad SMARTS) is 1. The first-order valence-corrected chi connectivity index (χ1v) is 6.40. The van der Waals surface area contributed by atoms with Crippen molar-refractivity contribution >= 4 is 17.7 Å². The Bertz CT molecular complexity index is 394. The predicted octanol–water partition coefficient (Wildman–Crippen LogP) is 2.75. The zero-order valence-corrected chi connectivity index (χ0v) is 9.54. The minimum atomic E-state index is -0.776. The fourth-order valence-electron chi connectivity index (χ4n) is 2.12. The van der Waals surface area contributed by atoms with E-state index in [4.69, 9.17) is 5.11 Å². The maximum Gasteiger partial charge on any atom is 0.307 e. The molecule has 4 heteroatoms. The summed E-state index contributed by atoms with van der Waals surface area (Å²) < 4.78 is 13.1. The molecule has 2 atom stereocenters. The van der Waals surface area contributed by atoms with Gasteiger partial charge in [-0.15, -0.1) is 0 Å². The van der Waals surface area contributed by atoms with Crippen molar-refractivity contribution in [2.45, 2.75) is 12.3 Å². The largest absolute Gasteiger partial charge is 0.481 e. The van der Waals surface area contributed by atoms with Crippen LogP contribution >= 0.6 is 11.8 Å². The molecule has 2 rings (SSSR count). The van der Waals surface area contributed by atoms with E-state index in [1.807, 2.05) is 6.07 Å². The first kappa shape index (κ1) is 11.5. The second-order valence-electron chi connectivity index (χ2n) is 3.97. The lowest BCUT2D eigenvalue weighted by molar-refractivity contribution is -0.141. The molecule has 0 saturated carbocycles. The van der Waals surface area contributed by atoms with Crippen LogP contribution in [0.1, 0.15) is 17.9 Å². The van der Waals surface area contributed by atoms with E-state index in [1.54, 1.807) is 17.8 Å². The lowest BCUT2D eigenvalue weighted by Crippen LogP contribution is -2.28. The zero-order chi connectivity index (χ0) is 11.5. The van der Waals surface area contributed by atoms with Gasteiger partial charge in [0.05, 0.1) is 5.92 Å². The van der Waals surface area contributed by atoms with Crippen LogP contribution in [0, 0.1) is 11.7 Å². The molecule has 1 aliphatic heterocycles. The third-order valence-corrected chi connectivity index (χ3v) is 4.07. The average molecular weight is 240 g/mol. The summed E-state index contributed by atoms with van der Waals surface area (Å²) in [7, 11) is 0. The molecule has 1 aromatic rings. The summed E-state index contributed by atoms with van der Waals surface area (Å²) >= 11 is 1.66. The minimum Gasteiger partial charge on any atom is -0.481 e. The van der Waals surface area contributed by atoms with Gasteiger partial charge in [0, 0.05) is 5.75 Å². The van der Waals surface area contributed by atoms with E-state index in [1.165, 1.54) is 12.1 Å². The molecule has 1 fully saturated rings. The monoisotopic (exact) mass is 240 g/mol. The van der Waals surface area contributed by atoms with E-state index < -0.39 is 5.97 Å². The molecule has 0 aromatic heterocycles. The molecule has 2 nitrogen and oxygen atoms in total. The Morgan fingerprint density at radius 3 is 3.00 bits per heavy atom. The Morgan fingerprint density at radius 2 is 2.31 bits per heavy atom. The van der Waals surface area contributed by atoms with Gasteiger partial charge >= 0.3 is 5.97 Å². The first-order valence-electron chi connectivity index (χ1n) is 5.24. The molecule has 1 saturated heterocycles. The Labute approximate surface area is 97.9 Å². The molecule has 0 spiro atoms. The molecule has 2 unspecified atom stereocenters. The molecular weight excluding hydrogens is 227 g/mol. The van der Waals surface area contributed by atoms with E-state index in [-0.39, 0.29) is 17.7 Å². The third-order valence-electron chi connectivity index (χ3n) is 2.95. The molecule has 16 heavy (non-hydrogen) atoms. The number of benzene rings is 1. The average Bonchev–Trinajstić information content (AvgIpc) is 2.29. The lowest BCUT2D eigenvalue weighted by atomic mass is 9.84. The molecule has 1 aliphatic rings. The van der Waals surface area contributed by atoms with Crippen LogP contribution in [0.5, 0.6) is 0 Å². The SMILES string of the molecule is O=C(O)C1CSCCC1c1cccc(F)c1. The van der Waals surface area contributed by atoms with Gasteiger partial charge in [0.1, 0.15) is 5.82 Å². The molecular formula is C12H13FO2S. The fraction of sp³-hybridized carbons (Fsp3) is 0.417. The predicted molar refractivity (Wildman–Crippen MR) is 62.2 cm³/mol. The number of carbonyl (C=O) groups is 1. The summed E-state index contributed by atoms with van der Waals surface area (Å²) in [4.78, 5) is 11.1. The highest BCUT2D eigenvalue weighted by Crippen LogP contribution is 2.36.